The Morgan fingerprint density at radius 3 is 2.60 bits per heavy atom. The number of rotatable bonds is 6. The van der Waals surface area contributed by atoms with Gasteiger partial charge >= 0.3 is 0 Å². The number of hydrogen-bond donors (Lipinski definition) is 1. The third-order valence-corrected chi connectivity index (χ3v) is 6.80. The van der Waals surface area contributed by atoms with E-state index in [9.17, 15) is 4.79 Å². The minimum absolute atomic E-state index is 0.0733. The number of piperidine rings is 1. The molecular formula is C28H32N6O. The smallest absolute Gasteiger partial charge is 0.225 e. The van der Waals surface area contributed by atoms with E-state index in [0.29, 0.717) is 24.7 Å². The second-order valence-electron chi connectivity index (χ2n) is 9.74. The molecule has 1 aliphatic rings. The van der Waals surface area contributed by atoms with Gasteiger partial charge in [-0.3, -0.25) is 4.79 Å². The van der Waals surface area contributed by atoms with Crippen molar-refractivity contribution in [2.24, 2.45) is 5.92 Å². The summed E-state index contributed by atoms with van der Waals surface area (Å²) in [4.78, 5) is 24.2. The average molecular weight is 469 g/mol. The van der Waals surface area contributed by atoms with Crippen molar-refractivity contribution in [2.75, 3.05) is 18.0 Å². The largest absolute Gasteiger partial charge is 0.355 e. The first-order valence-electron chi connectivity index (χ1n) is 12.4. The molecule has 3 heterocycles. The summed E-state index contributed by atoms with van der Waals surface area (Å²) in [6, 6.07) is 16.7. The molecule has 7 nitrogen and oxygen atoms in total. The molecule has 0 spiro atoms. The monoisotopic (exact) mass is 468 g/mol. The van der Waals surface area contributed by atoms with Gasteiger partial charge in [-0.1, -0.05) is 55.8 Å². The molecule has 0 radical (unpaired) electrons. The number of carbonyl (C=O) groups excluding carboxylic acids is 1. The maximum absolute atomic E-state index is 13.0. The molecule has 1 aliphatic heterocycles. The van der Waals surface area contributed by atoms with Gasteiger partial charge in [-0.25, -0.2) is 14.6 Å². The minimum atomic E-state index is -0.0733. The number of nitrogens with zero attached hydrogens (tertiary/aromatic N) is 5. The van der Waals surface area contributed by atoms with E-state index in [-0.39, 0.29) is 11.8 Å². The van der Waals surface area contributed by atoms with Crippen LogP contribution in [0.1, 0.15) is 49.3 Å². The fourth-order valence-corrected chi connectivity index (χ4v) is 4.64. The van der Waals surface area contributed by atoms with Gasteiger partial charge in [-0.05, 0) is 48.9 Å². The molecule has 2 aromatic carbocycles. The molecule has 35 heavy (non-hydrogen) atoms. The van der Waals surface area contributed by atoms with Gasteiger partial charge in [0, 0.05) is 25.8 Å². The summed E-state index contributed by atoms with van der Waals surface area (Å²) >= 11 is 0. The number of aryl methyl sites for hydroxylation is 1. The zero-order chi connectivity index (χ0) is 24.4. The Morgan fingerprint density at radius 1 is 1.09 bits per heavy atom. The standard InChI is InChI=1S/C28H32N6O/c1-19(2)22-10-8-21(9-11-22)15-29-28(35)23-5-4-14-33(16-23)27-25-17-34(32-26(25)30-18-31-27)24-12-6-20(3)7-13-24/h6-13,17-19,23H,4-5,14-16H2,1-3H3,(H,29,35). The van der Waals surface area contributed by atoms with E-state index in [0.717, 1.165) is 41.8 Å². The lowest BCUT2D eigenvalue weighted by Crippen LogP contribution is -2.43. The summed E-state index contributed by atoms with van der Waals surface area (Å²) in [5, 5.41) is 8.71. The van der Waals surface area contributed by atoms with Crippen LogP contribution in [0.3, 0.4) is 0 Å². The van der Waals surface area contributed by atoms with E-state index >= 15 is 0 Å². The van der Waals surface area contributed by atoms with Crippen LogP contribution in [0.4, 0.5) is 5.82 Å². The number of benzene rings is 2. The van der Waals surface area contributed by atoms with Crippen LogP contribution < -0.4 is 10.2 Å². The number of carbonyl (C=O) groups is 1. The zero-order valence-electron chi connectivity index (χ0n) is 20.6. The second-order valence-corrected chi connectivity index (χ2v) is 9.74. The normalized spacial score (nSPS) is 16.1. The SMILES string of the molecule is Cc1ccc(-n2cc3c(N4CCCC(C(=O)NCc5ccc(C(C)C)cc5)C4)ncnc3n2)cc1. The Kier molecular flexibility index (Phi) is 6.49. The van der Waals surface area contributed by atoms with E-state index in [1.807, 2.05) is 23.0 Å². The third kappa shape index (κ3) is 5.04. The van der Waals surface area contributed by atoms with E-state index in [1.165, 1.54) is 11.1 Å². The number of amides is 1. The molecule has 1 unspecified atom stereocenters. The summed E-state index contributed by atoms with van der Waals surface area (Å²) in [6.45, 7) is 8.49. The summed E-state index contributed by atoms with van der Waals surface area (Å²) in [5.74, 6) is 1.37. The zero-order valence-corrected chi connectivity index (χ0v) is 20.6. The number of fused-ring (bicyclic) bond motifs is 1. The van der Waals surface area contributed by atoms with Crippen LogP contribution in [0, 0.1) is 12.8 Å². The second kappa shape index (κ2) is 9.86. The van der Waals surface area contributed by atoms with Gasteiger partial charge in [0.1, 0.15) is 12.1 Å². The van der Waals surface area contributed by atoms with E-state index in [4.69, 9.17) is 0 Å². The molecule has 0 aliphatic carbocycles. The predicted octanol–water partition coefficient (Wildman–Crippen LogP) is 4.78. The molecule has 1 N–H and O–H groups in total. The highest BCUT2D eigenvalue weighted by atomic mass is 16.1. The van der Waals surface area contributed by atoms with Crippen LogP contribution >= 0.6 is 0 Å². The van der Waals surface area contributed by atoms with Crippen molar-refractivity contribution < 1.29 is 4.79 Å². The number of anilines is 1. The first-order valence-corrected chi connectivity index (χ1v) is 12.4. The Balaban J connectivity index is 1.29. The Morgan fingerprint density at radius 2 is 1.86 bits per heavy atom. The lowest BCUT2D eigenvalue weighted by molar-refractivity contribution is -0.125. The average Bonchev–Trinajstić information content (AvgIpc) is 3.32. The van der Waals surface area contributed by atoms with Gasteiger partial charge in [0.05, 0.1) is 17.0 Å². The van der Waals surface area contributed by atoms with Gasteiger partial charge in [-0.15, -0.1) is 5.10 Å². The van der Waals surface area contributed by atoms with Crippen LogP contribution in [-0.2, 0) is 11.3 Å². The molecule has 2 aromatic heterocycles. The predicted molar refractivity (Wildman–Crippen MR) is 139 cm³/mol. The Bertz CT molecular complexity index is 1310. The van der Waals surface area contributed by atoms with Crippen molar-refractivity contribution >= 4 is 22.8 Å². The lowest BCUT2D eigenvalue weighted by Gasteiger charge is -2.33. The van der Waals surface area contributed by atoms with Gasteiger partial charge < -0.3 is 10.2 Å². The van der Waals surface area contributed by atoms with Gasteiger partial charge in [-0.2, -0.15) is 0 Å². The highest BCUT2D eigenvalue weighted by molar-refractivity contribution is 5.87. The Hall–Kier alpha value is -3.74. The summed E-state index contributed by atoms with van der Waals surface area (Å²) in [6.07, 6.45) is 5.37. The number of nitrogens with one attached hydrogen (secondary N) is 1. The molecule has 5 rings (SSSR count). The van der Waals surface area contributed by atoms with Gasteiger partial charge in [0.15, 0.2) is 5.65 Å². The lowest BCUT2D eigenvalue weighted by atomic mass is 9.96. The van der Waals surface area contributed by atoms with Crippen molar-refractivity contribution in [3.8, 4) is 5.69 Å². The molecule has 180 valence electrons. The van der Waals surface area contributed by atoms with Crippen molar-refractivity contribution in [1.82, 2.24) is 25.1 Å². The van der Waals surface area contributed by atoms with Crippen molar-refractivity contribution in [2.45, 2.75) is 46.1 Å². The first-order chi connectivity index (χ1) is 17.0. The van der Waals surface area contributed by atoms with E-state index in [1.54, 1.807) is 6.33 Å². The molecule has 1 amide bonds. The Labute approximate surface area is 206 Å². The van der Waals surface area contributed by atoms with Crippen LogP contribution in [0.2, 0.25) is 0 Å². The van der Waals surface area contributed by atoms with Crippen LogP contribution in [0.5, 0.6) is 0 Å². The highest BCUT2D eigenvalue weighted by Crippen LogP contribution is 2.28. The molecule has 1 saturated heterocycles. The molecular weight excluding hydrogens is 436 g/mol. The van der Waals surface area contributed by atoms with Gasteiger partial charge in [0.2, 0.25) is 5.91 Å². The summed E-state index contributed by atoms with van der Waals surface area (Å²) < 4.78 is 1.85. The topological polar surface area (TPSA) is 75.9 Å². The molecule has 0 saturated carbocycles. The number of hydrogen-bond acceptors (Lipinski definition) is 5. The minimum Gasteiger partial charge on any atom is -0.355 e. The summed E-state index contributed by atoms with van der Waals surface area (Å²) in [7, 11) is 0. The van der Waals surface area contributed by atoms with Crippen molar-refractivity contribution in [1.29, 1.82) is 0 Å². The molecule has 1 fully saturated rings. The third-order valence-electron chi connectivity index (χ3n) is 6.80. The highest BCUT2D eigenvalue weighted by Gasteiger charge is 2.28. The fourth-order valence-electron chi connectivity index (χ4n) is 4.64. The quantitative estimate of drug-likeness (QED) is 0.441. The van der Waals surface area contributed by atoms with E-state index in [2.05, 4.69) is 82.5 Å². The van der Waals surface area contributed by atoms with E-state index < -0.39 is 0 Å². The van der Waals surface area contributed by atoms with Crippen LogP contribution in [0.15, 0.2) is 61.1 Å². The van der Waals surface area contributed by atoms with Crippen molar-refractivity contribution in [3.05, 3.63) is 77.7 Å². The first kappa shape index (κ1) is 23.0. The maximum atomic E-state index is 13.0. The fraction of sp³-hybridized carbons (Fsp3) is 0.357. The molecule has 4 aromatic rings. The molecule has 1 atom stereocenters. The van der Waals surface area contributed by atoms with Crippen LogP contribution in [-0.4, -0.2) is 38.7 Å². The molecule has 0 bridgehead atoms. The van der Waals surface area contributed by atoms with Crippen LogP contribution in [0.25, 0.3) is 16.7 Å². The maximum Gasteiger partial charge on any atom is 0.225 e. The molecule has 7 heteroatoms. The van der Waals surface area contributed by atoms with Crippen molar-refractivity contribution in [3.63, 3.8) is 0 Å². The number of aromatic nitrogens is 4. The summed E-state index contributed by atoms with van der Waals surface area (Å²) in [5.41, 5.74) is 5.28. The van der Waals surface area contributed by atoms with Gasteiger partial charge in [0.25, 0.3) is 0 Å².